The quantitative estimate of drug-likeness (QED) is 0.772. The number of nitrogens with one attached hydrogen (secondary N) is 1. The Labute approximate surface area is 163 Å². The zero-order chi connectivity index (χ0) is 19.2. The van der Waals surface area contributed by atoms with Crippen molar-refractivity contribution in [3.63, 3.8) is 0 Å². The summed E-state index contributed by atoms with van der Waals surface area (Å²) in [4.78, 5) is 28.0. The van der Waals surface area contributed by atoms with Gasteiger partial charge in [0.25, 0.3) is 5.91 Å². The van der Waals surface area contributed by atoms with Gasteiger partial charge in [-0.25, -0.2) is 0 Å². The molecule has 6 nitrogen and oxygen atoms in total. The first-order chi connectivity index (χ1) is 13.1. The largest absolute Gasteiger partial charge is 0.491 e. The molecule has 2 amide bonds. The van der Waals surface area contributed by atoms with Crippen LogP contribution in [0.25, 0.3) is 0 Å². The Balaban J connectivity index is 1.75. The molecule has 1 aromatic carbocycles. The number of thiophene rings is 1. The van der Waals surface area contributed by atoms with Crippen LogP contribution in [0.1, 0.15) is 27.7 Å². The molecule has 0 saturated heterocycles. The van der Waals surface area contributed by atoms with Gasteiger partial charge in [-0.2, -0.15) is 0 Å². The summed E-state index contributed by atoms with van der Waals surface area (Å²) in [6.45, 7) is 3.76. The van der Waals surface area contributed by atoms with Gasteiger partial charge in [0.15, 0.2) is 0 Å². The van der Waals surface area contributed by atoms with E-state index in [-0.39, 0.29) is 17.9 Å². The van der Waals surface area contributed by atoms with Gasteiger partial charge in [0, 0.05) is 36.2 Å². The molecular formula is C20H24N2O4S. The van der Waals surface area contributed by atoms with Crippen LogP contribution in [0.3, 0.4) is 0 Å². The lowest BCUT2D eigenvalue weighted by Crippen LogP contribution is -2.40. The molecule has 2 heterocycles. The molecule has 0 unspecified atom stereocenters. The third kappa shape index (κ3) is 4.87. The average molecular weight is 388 g/mol. The maximum absolute atomic E-state index is 12.8. The number of hydrogen-bond acceptors (Lipinski definition) is 5. The summed E-state index contributed by atoms with van der Waals surface area (Å²) in [7, 11) is 1.59. The molecule has 1 atom stereocenters. The zero-order valence-corrected chi connectivity index (χ0v) is 16.4. The summed E-state index contributed by atoms with van der Waals surface area (Å²) in [5.74, 6) is 0.627. The Bertz CT molecular complexity index is 791. The van der Waals surface area contributed by atoms with Crippen LogP contribution < -0.4 is 10.1 Å². The Morgan fingerprint density at radius 3 is 2.96 bits per heavy atom. The maximum atomic E-state index is 12.8. The van der Waals surface area contributed by atoms with E-state index in [0.717, 1.165) is 16.2 Å². The molecule has 0 aliphatic carbocycles. The van der Waals surface area contributed by atoms with Crippen LogP contribution in [0.15, 0.2) is 35.7 Å². The Morgan fingerprint density at radius 1 is 1.37 bits per heavy atom. The summed E-state index contributed by atoms with van der Waals surface area (Å²) < 4.78 is 10.8. The van der Waals surface area contributed by atoms with Gasteiger partial charge in [-0.3, -0.25) is 9.59 Å². The minimum Gasteiger partial charge on any atom is -0.491 e. The van der Waals surface area contributed by atoms with Crippen molar-refractivity contribution in [2.45, 2.75) is 25.9 Å². The summed E-state index contributed by atoms with van der Waals surface area (Å²) in [6.07, 6.45) is 0.383. The van der Waals surface area contributed by atoms with Gasteiger partial charge in [-0.05, 0) is 36.6 Å². The molecule has 0 bridgehead atoms. The molecule has 7 heteroatoms. The van der Waals surface area contributed by atoms with Crippen LogP contribution >= 0.6 is 11.3 Å². The van der Waals surface area contributed by atoms with Crippen LogP contribution in [0.4, 0.5) is 0 Å². The first-order valence-corrected chi connectivity index (χ1v) is 9.81. The van der Waals surface area contributed by atoms with Crippen molar-refractivity contribution in [3.8, 4) is 5.75 Å². The highest BCUT2D eigenvalue weighted by molar-refractivity contribution is 7.10. The van der Waals surface area contributed by atoms with E-state index in [1.807, 2.05) is 29.3 Å². The fourth-order valence-corrected chi connectivity index (χ4v) is 3.69. The molecule has 1 aliphatic rings. The lowest BCUT2D eigenvalue weighted by Gasteiger charge is -2.26. The number of rotatable bonds is 6. The number of hydrogen-bond donors (Lipinski definition) is 1. The Hall–Kier alpha value is -2.38. The smallest absolute Gasteiger partial charge is 0.251 e. The van der Waals surface area contributed by atoms with E-state index in [9.17, 15) is 9.59 Å². The number of carbonyl (C=O) groups is 2. The van der Waals surface area contributed by atoms with Gasteiger partial charge in [0.2, 0.25) is 5.91 Å². The summed E-state index contributed by atoms with van der Waals surface area (Å²) in [5, 5.41) is 4.78. The minimum absolute atomic E-state index is 0.0381. The highest BCUT2D eigenvalue weighted by Gasteiger charge is 2.26. The summed E-state index contributed by atoms with van der Waals surface area (Å²) >= 11 is 1.58. The second-order valence-corrected chi connectivity index (χ2v) is 7.54. The van der Waals surface area contributed by atoms with Crippen molar-refractivity contribution in [1.29, 1.82) is 0 Å². The third-order valence-electron chi connectivity index (χ3n) is 4.49. The number of ether oxygens (including phenoxy) is 2. The molecule has 0 spiro atoms. The predicted octanol–water partition coefficient (Wildman–Crippen LogP) is 2.48. The second kappa shape index (κ2) is 9.01. The van der Waals surface area contributed by atoms with Crippen LogP contribution in [0.2, 0.25) is 0 Å². The van der Waals surface area contributed by atoms with Gasteiger partial charge in [-0.1, -0.05) is 6.07 Å². The van der Waals surface area contributed by atoms with E-state index in [0.29, 0.717) is 38.3 Å². The first kappa shape index (κ1) is 19.4. The van der Waals surface area contributed by atoms with Crippen molar-refractivity contribution in [1.82, 2.24) is 10.2 Å². The van der Waals surface area contributed by atoms with Crippen LogP contribution in [-0.4, -0.2) is 49.6 Å². The molecule has 1 aliphatic heterocycles. The van der Waals surface area contributed by atoms with E-state index in [4.69, 9.17) is 9.47 Å². The number of carbonyl (C=O) groups excluding carboxylic acids is 2. The predicted molar refractivity (Wildman–Crippen MR) is 104 cm³/mol. The molecule has 2 aromatic rings. The van der Waals surface area contributed by atoms with Crippen molar-refractivity contribution in [3.05, 3.63) is 51.7 Å². The van der Waals surface area contributed by atoms with Crippen LogP contribution in [0, 0.1) is 0 Å². The maximum Gasteiger partial charge on any atom is 0.251 e. The SMILES string of the molecule is COCCNC(=O)c1ccc2c(c1)CN(C(=O)Cc1cccs1)[C@@H](C)CO2. The van der Waals surface area contributed by atoms with E-state index in [2.05, 4.69) is 5.32 Å². The van der Waals surface area contributed by atoms with E-state index < -0.39 is 0 Å². The van der Waals surface area contributed by atoms with Crippen LogP contribution in [-0.2, 0) is 22.5 Å². The fourth-order valence-electron chi connectivity index (χ4n) is 2.99. The van der Waals surface area contributed by atoms with E-state index >= 15 is 0 Å². The summed E-state index contributed by atoms with van der Waals surface area (Å²) in [6, 6.07) is 9.24. The second-order valence-electron chi connectivity index (χ2n) is 6.51. The average Bonchev–Trinajstić information content (AvgIpc) is 3.11. The Kier molecular flexibility index (Phi) is 6.47. The zero-order valence-electron chi connectivity index (χ0n) is 15.6. The van der Waals surface area contributed by atoms with Crippen molar-refractivity contribution >= 4 is 23.2 Å². The molecule has 144 valence electrons. The summed E-state index contributed by atoms with van der Waals surface area (Å²) in [5.41, 5.74) is 1.40. The number of methoxy groups -OCH3 is 1. The molecule has 0 saturated carbocycles. The van der Waals surface area contributed by atoms with E-state index in [1.165, 1.54) is 0 Å². The first-order valence-electron chi connectivity index (χ1n) is 8.93. The van der Waals surface area contributed by atoms with E-state index in [1.54, 1.807) is 36.6 Å². The van der Waals surface area contributed by atoms with Gasteiger partial charge < -0.3 is 19.7 Å². The fraction of sp³-hybridized carbons (Fsp3) is 0.400. The molecule has 0 radical (unpaired) electrons. The number of benzene rings is 1. The lowest BCUT2D eigenvalue weighted by molar-refractivity contribution is -0.133. The molecule has 1 N–H and O–H groups in total. The monoisotopic (exact) mass is 388 g/mol. The molecular weight excluding hydrogens is 364 g/mol. The van der Waals surface area contributed by atoms with Gasteiger partial charge >= 0.3 is 0 Å². The molecule has 0 fully saturated rings. The van der Waals surface area contributed by atoms with Gasteiger partial charge in [-0.15, -0.1) is 11.3 Å². The third-order valence-corrected chi connectivity index (χ3v) is 5.37. The number of fused-ring (bicyclic) bond motifs is 1. The number of nitrogens with zero attached hydrogens (tertiary/aromatic N) is 1. The molecule has 3 rings (SSSR count). The van der Waals surface area contributed by atoms with Crippen LogP contribution in [0.5, 0.6) is 5.75 Å². The highest BCUT2D eigenvalue weighted by Crippen LogP contribution is 2.27. The van der Waals surface area contributed by atoms with Crippen molar-refractivity contribution < 1.29 is 19.1 Å². The molecule has 27 heavy (non-hydrogen) atoms. The normalized spacial score (nSPS) is 16.2. The lowest BCUT2D eigenvalue weighted by atomic mass is 10.1. The van der Waals surface area contributed by atoms with Crippen molar-refractivity contribution in [2.75, 3.05) is 26.9 Å². The van der Waals surface area contributed by atoms with Gasteiger partial charge in [0.05, 0.1) is 19.1 Å². The number of amides is 2. The topological polar surface area (TPSA) is 67.9 Å². The Morgan fingerprint density at radius 2 is 2.22 bits per heavy atom. The standard InChI is InChI=1S/C20H24N2O4S/c1-14-13-26-18-6-5-15(20(24)21-7-8-25-2)10-16(18)12-22(14)19(23)11-17-4-3-9-27-17/h3-6,9-10,14H,7-8,11-13H2,1-2H3,(H,21,24)/t14-/m0/s1. The highest BCUT2D eigenvalue weighted by atomic mass is 32.1. The molecule has 1 aromatic heterocycles. The van der Waals surface area contributed by atoms with Gasteiger partial charge in [0.1, 0.15) is 12.4 Å². The minimum atomic E-state index is -0.163. The van der Waals surface area contributed by atoms with Crippen molar-refractivity contribution in [2.24, 2.45) is 0 Å².